The average molecular weight is 259 g/mol. The summed E-state index contributed by atoms with van der Waals surface area (Å²) in [6, 6.07) is 0. The van der Waals surface area contributed by atoms with Crippen molar-refractivity contribution >= 4 is 30.0 Å². The molecule has 70 valence electrons. The maximum Gasteiger partial charge on any atom is 0.346 e. The Hall–Kier alpha value is -0.533. The summed E-state index contributed by atoms with van der Waals surface area (Å²) in [7, 11) is -1.36. The van der Waals surface area contributed by atoms with Crippen LogP contribution in [0.3, 0.4) is 0 Å². The molecule has 0 radical (unpaired) electrons. The average Bonchev–Trinajstić information content (AvgIpc) is 2.29. The number of halogens is 1. The Morgan fingerprint density at radius 2 is 2.08 bits per heavy atom. The van der Waals surface area contributed by atoms with Crippen molar-refractivity contribution in [2.24, 2.45) is 0 Å². The van der Waals surface area contributed by atoms with Crippen molar-refractivity contribution in [3.63, 3.8) is 0 Å². The minimum absolute atomic E-state index is 0.306. The molecule has 0 aromatic rings. The highest BCUT2D eigenvalue weighted by Gasteiger charge is 2.21. The van der Waals surface area contributed by atoms with E-state index >= 15 is 0 Å². The molecule has 0 saturated carbocycles. The van der Waals surface area contributed by atoms with Gasteiger partial charge in [0.15, 0.2) is 0 Å². The van der Waals surface area contributed by atoms with Gasteiger partial charge in [-0.25, -0.2) is 4.79 Å². The van der Waals surface area contributed by atoms with Gasteiger partial charge in [0.25, 0.3) is 0 Å². The molecule has 0 aromatic heterocycles. The van der Waals surface area contributed by atoms with Gasteiger partial charge in [-0.1, -0.05) is 25.6 Å². The van der Waals surface area contributed by atoms with Crippen LogP contribution in [0.25, 0.3) is 0 Å². The summed E-state index contributed by atoms with van der Waals surface area (Å²) in [6.45, 7) is 6.79. The summed E-state index contributed by atoms with van der Waals surface area (Å²) < 4.78 is 5.28. The fourth-order valence-corrected chi connectivity index (χ4v) is 1.60. The molecular formula is C9H11BrO2Si. The van der Waals surface area contributed by atoms with E-state index in [0.29, 0.717) is 11.1 Å². The summed E-state index contributed by atoms with van der Waals surface area (Å²) in [4.78, 5) is 10.9. The fourth-order valence-electron chi connectivity index (χ4n) is 0.742. The lowest BCUT2D eigenvalue weighted by Crippen LogP contribution is -2.16. The van der Waals surface area contributed by atoms with Crippen LogP contribution in [0.5, 0.6) is 0 Å². The Balaban J connectivity index is 2.85. The zero-order valence-electron chi connectivity index (χ0n) is 7.90. The second kappa shape index (κ2) is 3.68. The van der Waals surface area contributed by atoms with Crippen LogP contribution in [0.15, 0.2) is 10.1 Å². The third-order valence-corrected chi connectivity index (χ3v) is 3.06. The molecule has 2 nitrogen and oxygen atoms in total. The number of esters is 1. The molecule has 0 saturated heterocycles. The second-order valence-corrected chi connectivity index (χ2v) is 9.41. The fraction of sp³-hybridized carbons (Fsp3) is 0.444. The van der Waals surface area contributed by atoms with Gasteiger partial charge in [-0.15, -0.1) is 5.54 Å². The Morgan fingerprint density at radius 1 is 1.46 bits per heavy atom. The van der Waals surface area contributed by atoms with Crippen LogP contribution < -0.4 is 0 Å². The van der Waals surface area contributed by atoms with Crippen LogP contribution in [-0.2, 0) is 9.53 Å². The quantitative estimate of drug-likeness (QED) is 0.378. The third kappa shape index (κ3) is 3.01. The Kier molecular flexibility index (Phi) is 2.99. The van der Waals surface area contributed by atoms with E-state index < -0.39 is 8.07 Å². The highest BCUT2D eigenvalue weighted by atomic mass is 79.9. The van der Waals surface area contributed by atoms with E-state index in [9.17, 15) is 4.79 Å². The lowest BCUT2D eigenvalue weighted by atomic mass is 10.3. The van der Waals surface area contributed by atoms with Gasteiger partial charge in [0.2, 0.25) is 0 Å². The third-order valence-electron chi connectivity index (χ3n) is 1.38. The smallest absolute Gasteiger partial charge is 0.346 e. The molecular weight excluding hydrogens is 248 g/mol. The molecule has 0 N–H and O–H groups in total. The van der Waals surface area contributed by atoms with Crippen LogP contribution in [0.1, 0.15) is 0 Å². The zero-order valence-corrected chi connectivity index (χ0v) is 10.5. The van der Waals surface area contributed by atoms with Crippen LogP contribution in [0.4, 0.5) is 0 Å². The van der Waals surface area contributed by atoms with Crippen LogP contribution in [-0.4, -0.2) is 20.7 Å². The summed E-state index contributed by atoms with van der Waals surface area (Å²) in [5, 5.41) is 0. The van der Waals surface area contributed by atoms with Crippen molar-refractivity contribution < 1.29 is 9.53 Å². The number of hydrogen-bond donors (Lipinski definition) is 0. The minimum atomic E-state index is -1.36. The molecule has 4 heteroatoms. The van der Waals surface area contributed by atoms with E-state index in [0.717, 1.165) is 5.57 Å². The molecule has 0 unspecified atom stereocenters. The molecule has 1 aliphatic rings. The molecule has 1 aliphatic heterocycles. The van der Waals surface area contributed by atoms with Crippen molar-refractivity contribution in [2.75, 3.05) is 6.61 Å². The molecule has 0 atom stereocenters. The normalized spacial score (nSPS) is 16.8. The first kappa shape index (κ1) is 10.5. The first-order valence-corrected chi connectivity index (χ1v) is 8.28. The number of carbonyl (C=O) groups is 1. The van der Waals surface area contributed by atoms with Crippen molar-refractivity contribution in [3.8, 4) is 11.5 Å². The van der Waals surface area contributed by atoms with Gasteiger partial charge in [-0.05, 0) is 15.9 Å². The first-order valence-electron chi connectivity index (χ1n) is 3.99. The highest BCUT2D eigenvalue weighted by Crippen LogP contribution is 2.20. The minimum Gasteiger partial charge on any atom is -0.456 e. The van der Waals surface area contributed by atoms with E-state index in [1.54, 1.807) is 0 Å². The summed E-state index contributed by atoms with van der Waals surface area (Å²) in [5.41, 5.74) is 3.95. The lowest BCUT2D eigenvalue weighted by Gasteiger charge is -2.02. The lowest BCUT2D eigenvalue weighted by molar-refractivity contribution is -0.135. The number of cyclic esters (lactones) is 1. The van der Waals surface area contributed by atoms with E-state index in [1.807, 2.05) is 0 Å². The predicted octanol–water partition coefficient (Wildman–Crippen LogP) is 2.07. The maximum atomic E-state index is 10.9. The van der Waals surface area contributed by atoms with E-state index in [1.165, 1.54) is 0 Å². The van der Waals surface area contributed by atoms with Gasteiger partial charge in [-0.2, -0.15) is 0 Å². The number of hydrogen-bond acceptors (Lipinski definition) is 2. The molecule has 1 rings (SSSR count). The summed E-state index contributed by atoms with van der Waals surface area (Å²) in [6.07, 6.45) is 0. The predicted molar refractivity (Wildman–Crippen MR) is 58.0 cm³/mol. The monoisotopic (exact) mass is 258 g/mol. The Labute approximate surface area is 87.5 Å². The highest BCUT2D eigenvalue weighted by molar-refractivity contribution is 9.12. The van der Waals surface area contributed by atoms with Crippen LogP contribution >= 0.6 is 15.9 Å². The number of rotatable bonds is 0. The second-order valence-electron chi connectivity index (χ2n) is 3.87. The molecule has 0 spiro atoms. The molecule has 0 bridgehead atoms. The zero-order chi connectivity index (χ0) is 10.1. The van der Waals surface area contributed by atoms with Crippen molar-refractivity contribution in [3.05, 3.63) is 10.1 Å². The first-order chi connectivity index (χ1) is 5.90. The van der Waals surface area contributed by atoms with E-state index in [-0.39, 0.29) is 5.97 Å². The molecule has 0 amide bonds. The van der Waals surface area contributed by atoms with Gasteiger partial charge in [0.1, 0.15) is 19.2 Å². The standard InChI is InChI=1S/C9H11BrO2Si/c1-13(2,3)5-4-7-6-12-9(11)8(7)10/h6H2,1-3H3. The SMILES string of the molecule is C[Si](C)(C)C#CC1=C(Br)C(=O)OC1. The topological polar surface area (TPSA) is 26.3 Å². The molecule has 1 heterocycles. The van der Waals surface area contributed by atoms with Gasteiger partial charge < -0.3 is 4.74 Å². The molecule has 13 heavy (non-hydrogen) atoms. The van der Waals surface area contributed by atoms with Gasteiger partial charge in [0, 0.05) is 0 Å². The largest absolute Gasteiger partial charge is 0.456 e. The Morgan fingerprint density at radius 3 is 2.46 bits per heavy atom. The van der Waals surface area contributed by atoms with Gasteiger partial charge in [-0.3, -0.25) is 0 Å². The van der Waals surface area contributed by atoms with Crippen molar-refractivity contribution in [1.82, 2.24) is 0 Å². The molecule has 0 fully saturated rings. The number of ether oxygens (including phenoxy) is 1. The van der Waals surface area contributed by atoms with Gasteiger partial charge in [0.05, 0.1) is 5.57 Å². The van der Waals surface area contributed by atoms with E-state index in [4.69, 9.17) is 4.74 Å². The maximum absolute atomic E-state index is 10.9. The molecule has 0 aromatic carbocycles. The van der Waals surface area contributed by atoms with E-state index in [2.05, 4.69) is 47.0 Å². The number of carbonyl (C=O) groups excluding carboxylic acids is 1. The van der Waals surface area contributed by atoms with Crippen LogP contribution in [0.2, 0.25) is 19.6 Å². The Bertz CT molecular complexity index is 328. The van der Waals surface area contributed by atoms with Crippen molar-refractivity contribution in [1.29, 1.82) is 0 Å². The molecule has 0 aliphatic carbocycles. The summed E-state index contributed by atoms with van der Waals surface area (Å²) in [5.74, 6) is 2.69. The van der Waals surface area contributed by atoms with Gasteiger partial charge >= 0.3 is 5.97 Å². The summed E-state index contributed by atoms with van der Waals surface area (Å²) >= 11 is 3.16. The van der Waals surface area contributed by atoms with Crippen molar-refractivity contribution in [2.45, 2.75) is 19.6 Å². The van der Waals surface area contributed by atoms with Crippen LogP contribution in [0, 0.1) is 11.5 Å².